The maximum atomic E-state index is 9.73. The van der Waals surface area contributed by atoms with Gasteiger partial charge in [0.15, 0.2) is 0 Å². The maximum Gasteiger partial charge on any atom is 0.209 e. The van der Waals surface area contributed by atoms with Gasteiger partial charge in [-0.1, -0.05) is 19.1 Å². The van der Waals surface area contributed by atoms with E-state index in [1.807, 2.05) is 19.1 Å². The fourth-order valence-electron chi connectivity index (χ4n) is 1.78. The largest absolute Gasteiger partial charge is 0.507 e. The molecule has 1 heterocycles. The Hall–Kier alpha value is -2.04. The molecule has 1 aliphatic rings. The highest BCUT2D eigenvalue weighted by molar-refractivity contribution is 6.05. The fraction of sp³-hybridized carbons (Fsp3) is 0.273. The highest BCUT2D eigenvalue weighted by Gasteiger charge is 2.26. The second kappa shape index (κ2) is 3.84. The lowest BCUT2D eigenvalue weighted by Crippen LogP contribution is -2.31. The van der Waals surface area contributed by atoms with Crippen LogP contribution in [0.3, 0.4) is 0 Å². The van der Waals surface area contributed by atoms with Gasteiger partial charge in [-0.3, -0.25) is 5.41 Å². The zero-order chi connectivity index (χ0) is 11.7. The number of hydrogen-bond acceptors (Lipinski definition) is 3. The smallest absolute Gasteiger partial charge is 0.209 e. The molecule has 2 rings (SSSR count). The number of phenols is 1. The SMILES string of the molecule is C[C@H]1CN(C(=N)N)N=C1c1ccccc1O. The van der Waals surface area contributed by atoms with Crippen molar-refractivity contribution in [2.45, 2.75) is 6.92 Å². The Morgan fingerprint density at radius 2 is 2.25 bits per heavy atom. The zero-order valence-electron chi connectivity index (χ0n) is 9.01. The number of para-hydroxylation sites is 1. The Morgan fingerprint density at radius 3 is 2.81 bits per heavy atom. The Morgan fingerprint density at radius 1 is 1.56 bits per heavy atom. The van der Waals surface area contributed by atoms with Crippen molar-refractivity contribution >= 4 is 11.7 Å². The highest BCUT2D eigenvalue weighted by Crippen LogP contribution is 2.24. The molecule has 0 fully saturated rings. The number of benzene rings is 1. The summed E-state index contributed by atoms with van der Waals surface area (Å²) in [6, 6.07) is 7.05. The average molecular weight is 218 g/mol. The van der Waals surface area contributed by atoms with E-state index in [1.165, 1.54) is 5.01 Å². The summed E-state index contributed by atoms with van der Waals surface area (Å²) in [6.45, 7) is 2.58. The number of hydrogen-bond donors (Lipinski definition) is 3. The molecule has 0 saturated carbocycles. The Labute approximate surface area is 93.7 Å². The van der Waals surface area contributed by atoms with Crippen LogP contribution in [0.4, 0.5) is 0 Å². The average Bonchev–Trinajstić information content (AvgIpc) is 2.61. The fourth-order valence-corrected chi connectivity index (χ4v) is 1.78. The quantitative estimate of drug-likeness (QED) is 0.484. The third-order valence-corrected chi connectivity index (χ3v) is 2.60. The van der Waals surface area contributed by atoms with Crippen LogP contribution in [0.5, 0.6) is 5.75 Å². The normalized spacial score (nSPS) is 19.7. The van der Waals surface area contributed by atoms with Crippen LogP contribution in [0.2, 0.25) is 0 Å². The molecule has 0 saturated heterocycles. The van der Waals surface area contributed by atoms with Crippen molar-refractivity contribution in [2.24, 2.45) is 16.8 Å². The van der Waals surface area contributed by atoms with Crippen LogP contribution in [-0.2, 0) is 0 Å². The first-order chi connectivity index (χ1) is 7.59. The molecule has 1 aromatic carbocycles. The van der Waals surface area contributed by atoms with Crippen LogP contribution in [0.1, 0.15) is 12.5 Å². The second-order valence-corrected chi connectivity index (χ2v) is 3.87. The van der Waals surface area contributed by atoms with E-state index in [0.29, 0.717) is 12.1 Å². The van der Waals surface area contributed by atoms with Crippen molar-refractivity contribution < 1.29 is 5.11 Å². The van der Waals surface area contributed by atoms with E-state index in [9.17, 15) is 5.11 Å². The van der Waals surface area contributed by atoms with Gasteiger partial charge in [-0.25, -0.2) is 5.01 Å². The highest BCUT2D eigenvalue weighted by atomic mass is 16.3. The third kappa shape index (κ3) is 1.71. The van der Waals surface area contributed by atoms with Gasteiger partial charge >= 0.3 is 0 Å². The summed E-state index contributed by atoms with van der Waals surface area (Å²) in [5.41, 5.74) is 6.86. The molecule has 0 radical (unpaired) electrons. The van der Waals surface area contributed by atoms with Gasteiger partial charge in [0.1, 0.15) is 5.75 Å². The van der Waals surface area contributed by atoms with Gasteiger partial charge < -0.3 is 10.8 Å². The molecule has 16 heavy (non-hydrogen) atoms. The summed E-state index contributed by atoms with van der Waals surface area (Å²) in [6.07, 6.45) is 0. The van der Waals surface area contributed by atoms with E-state index in [4.69, 9.17) is 11.1 Å². The van der Waals surface area contributed by atoms with Crippen molar-refractivity contribution in [3.05, 3.63) is 29.8 Å². The van der Waals surface area contributed by atoms with Crippen molar-refractivity contribution in [2.75, 3.05) is 6.54 Å². The topological polar surface area (TPSA) is 85.7 Å². The molecule has 0 aromatic heterocycles. The van der Waals surface area contributed by atoms with Crippen LogP contribution in [-0.4, -0.2) is 28.3 Å². The summed E-state index contributed by atoms with van der Waals surface area (Å²) in [5, 5.41) is 22.7. The summed E-state index contributed by atoms with van der Waals surface area (Å²) in [7, 11) is 0. The van der Waals surface area contributed by atoms with Crippen molar-refractivity contribution in [3.8, 4) is 5.75 Å². The van der Waals surface area contributed by atoms with E-state index >= 15 is 0 Å². The number of aromatic hydroxyl groups is 1. The van der Waals surface area contributed by atoms with Gasteiger partial charge in [0.05, 0.1) is 12.3 Å². The molecule has 1 atom stereocenters. The molecule has 5 nitrogen and oxygen atoms in total. The van der Waals surface area contributed by atoms with Gasteiger partial charge in [-0.2, -0.15) is 5.10 Å². The minimum atomic E-state index is -0.0720. The molecule has 1 aliphatic heterocycles. The first-order valence-corrected chi connectivity index (χ1v) is 5.08. The molecule has 5 heteroatoms. The molecule has 84 valence electrons. The number of hydrazone groups is 1. The lowest BCUT2D eigenvalue weighted by molar-refractivity contribution is 0.448. The molecule has 0 aliphatic carbocycles. The van der Waals surface area contributed by atoms with Gasteiger partial charge in [0.2, 0.25) is 5.96 Å². The van der Waals surface area contributed by atoms with Crippen LogP contribution in [0.15, 0.2) is 29.4 Å². The third-order valence-electron chi connectivity index (χ3n) is 2.60. The predicted molar refractivity (Wildman–Crippen MR) is 62.4 cm³/mol. The van der Waals surface area contributed by atoms with Gasteiger partial charge in [-0.15, -0.1) is 0 Å². The Kier molecular flexibility index (Phi) is 2.52. The Bertz CT molecular complexity index is 455. The van der Waals surface area contributed by atoms with E-state index in [1.54, 1.807) is 12.1 Å². The molecule has 0 amide bonds. The van der Waals surface area contributed by atoms with E-state index in [-0.39, 0.29) is 17.6 Å². The number of phenolic OH excluding ortho intramolecular Hbond substituents is 1. The molecule has 0 spiro atoms. The van der Waals surface area contributed by atoms with Crippen LogP contribution < -0.4 is 5.73 Å². The molecular weight excluding hydrogens is 204 g/mol. The van der Waals surface area contributed by atoms with Crippen molar-refractivity contribution in [1.29, 1.82) is 5.41 Å². The number of guanidine groups is 1. The molecule has 1 aromatic rings. The van der Waals surface area contributed by atoms with E-state index in [2.05, 4.69) is 5.10 Å². The van der Waals surface area contributed by atoms with Crippen LogP contribution >= 0.6 is 0 Å². The summed E-state index contributed by atoms with van der Waals surface area (Å²) in [5.74, 6) is 0.285. The van der Waals surface area contributed by atoms with Gasteiger partial charge in [0.25, 0.3) is 0 Å². The van der Waals surface area contributed by atoms with Gasteiger partial charge in [-0.05, 0) is 12.1 Å². The number of rotatable bonds is 1. The lowest BCUT2D eigenvalue weighted by Gasteiger charge is -2.10. The standard InChI is InChI=1S/C11H14N4O/c1-7-6-15(11(12)13)14-10(7)8-4-2-3-5-9(8)16/h2-5,7,16H,6H2,1H3,(H3,12,13)/t7-/m0/s1. The monoisotopic (exact) mass is 218 g/mol. The maximum absolute atomic E-state index is 9.73. The molecule has 4 N–H and O–H groups in total. The summed E-state index contributed by atoms with van der Waals surface area (Å²) >= 11 is 0. The number of nitrogens with two attached hydrogens (primary N) is 1. The molecule has 0 unspecified atom stereocenters. The molecular formula is C11H14N4O. The minimum Gasteiger partial charge on any atom is -0.507 e. The number of nitrogens with zero attached hydrogens (tertiary/aromatic N) is 2. The van der Waals surface area contributed by atoms with E-state index < -0.39 is 0 Å². The second-order valence-electron chi connectivity index (χ2n) is 3.87. The van der Waals surface area contributed by atoms with Crippen molar-refractivity contribution in [3.63, 3.8) is 0 Å². The predicted octanol–water partition coefficient (Wildman–Crippen LogP) is 0.941. The van der Waals surface area contributed by atoms with Crippen LogP contribution in [0.25, 0.3) is 0 Å². The zero-order valence-corrected chi connectivity index (χ0v) is 9.01. The van der Waals surface area contributed by atoms with Gasteiger partial charge in [0, 0.05) is 11.5 Å². The summed E-state index contributed by atoms with van der Waals surface area (Å²) < 4.78 is 0. The molecule has 0 bridgehead atoms. The van der Waals surface area contributed by atoms with Crippen LogP contribution in [0, 0.1) is 11.3 Å². The van der Waals surface area contributed by atoms with Crippen molar-refractivity contribution in [1.82, 2.24) is 5.01 Å². The Balaban J connectivity index is 2.38. The first-order valence-electron chi connectivity index (χ1n) is 5.08. The summed E-state index contributed by atoms with van der Waals surface area (Å²) in [4.78, 5) is 0. The number of nitrogens with one attached hydrogen (secondary N) is 1. The minimum absolute atomic E-state index is 0.0720. The lowest BCUT2D eigenvalue weighted by atomic mass is 9.99. The first kappa shape index (κ1) is 10.5. The van der Waals surface area contributed by atoms with E-state index in [0.717, 1.165) is 5.71 Å².